The van der Waals surface area contributed by atoms with Crippen LogP contribution in [0.1, 0.15) is 64.4 Å². The van der Waals surface area contributed by atoms with Crippen molar-refractivity contribution in [2.45, 2.75) is 59.3 Å². The molecule has 2 aromatic heterocycles. The fourth-order valence-electron chi connectivity index (χ4n) is 3.48. The number of ether oxygens (including phenoxy) is 1. The van der Waals surface area contributed by atoms with Gasteiger partial charge in [-0.25, -0.2) is 4.98 Å². The Morgan fingerprint density at radius 2 is 1.65 bits per heavy atom. The van der Waals surface area contributed by atoms with E-state index in [0.29, 0.717) is 16.7 Å². The first-order chi connectivity index (χ1) is 14.3. The van der Waals surface area contributed by atoms with E-state index in [1.807, 2.05) is 59.7 Å². The molecule has 2 heterocycles. The van der Waals surface area contributed by atoms with Gasteiger partial charge in [-0.2, -0.15) is 9.78 Å². The molecule has 1 aromatic carbocycles. The van der Waals surface area contributed by atoms with E-state index in [0.717, 1.165) is 16.7 Å². The van der Waals surface area contributed by atoms with Crippen LogP contribution in [0.2, 0.25) is 0 Å². The number of esters is 1. The summed E-state index contributed by atoms with van der Waals surface area (Å²) in [4.78, 5) is 28.1. The van der Waals surface area contributed by atoms with Crippen molar-refractivity contribution in [3.05, 3.63) is 41.6 Å². The number of nitrogens with zero attached hydrogens (tertiary/aromatic N) is 3. The van der Waals surface area contributed by atoms with Crippen molar-refractivity contribution in [2.75, 3.05) is 6.61 Å². The average molecular weight is 424 g/mol. The fourth-order valence-corrected chi connectivity index (χ4v) is 3.48. The number of benzene rings is 1. The second kappa shape index (κ2) is 7.80. The highest BCUT2D eigenvalue weighted by Crippen LogP contribution is 2.42. The van der Waals surface area contributed by atoms with E-state index in [-0.39, 0.29) is 16.6 Å². The predicted molar refractivity (Wildman–Crippen MR) is 119 cm³/mol. The molecule has 0 fully saturated rings. The van der Waals surface area contributed by atoms with Crippen LogP contribution in [0, 0.1) is 0 Å². The zero-order chi connectivity index (χ0) is 23.1. The summed E-state index contributed by atoms with van der Waals surface area (Å²) in [6, 6.07) is 7.46. The first-order valence-corrected chi connectivity index (χ1v) is 10.2. The Labute approximate surface area is 182 Å². The second-order valence-electron chi connectivity index (χ2n) is 9.73. The third-order valence-electron chi connectivity index (χ3n) is 5.08. The van der Waals surface area contributed by atoms with Gasteiger partial charge in [0, 0.05) is 35.2 Å². The molecule has 3 aromatic rings. The van der Waals surface area contributed by atoms with Crippen LogP contribution in [0.5, 0.6) is 5.75 Å². The van der Waals surface area contributed by atoms with Gasteiger partial charge in [0.1, 0.15) is 11.4 Å². The molecule has 0 bridgehead atoms. The normalized spacial score (nSPS) is 12.2. The van der Waals surface area contributed by atoms with Gasteiger partial charge in [0.2, 0.25) is 0 Å². The molecule has 7 nitrogen and oxygen atoms in total. The number of fused-ring (bicyclic) bond motifs is 1. The van der Waals surface area contributed by atoms with E-state index in [1.165, 1.54) is 11.6 Å². The van der Waals surface area contributed by atoms with Crippen LogP contribution in [0.15, 0.2) is 30.5 Å². The summed E-state index contributed by atoms with van der Waals surface area (Å²) >= 11 is 0. The summed E-state index contributed by atoms with van der Waals surface area (Å²) in [5, 5.41) is 16.3. The van der Waals surface area contributed by atoms with Gasteiger partial charge >= 0.3 is 5.97 Å². The van der Waals surface area contributed by atoms with Gasteiger partial charge in [0.15, 0.2) is 12.3 Å². The number of aromatic nitrogens is 3. The van der Waals surface area contributed by atoms with Gasteiger partial charge in [0.25, 0.3) is 5.91 Å². The van der Waals surface area contributed by atoms with Crippen molar-refractivity contribution in [3.63, 3.8) is 0 Å². The Balaban J connectivity index is 2.27. The summed E-state index contributed by atoms with van der Waals surface area (Å²) < 4.78 is 6.03. The molecule has 0 saturated carbocycles. The SMILES string of the molecule is CC(=O)OCC(=O)n1nc(-c2cc(C(C)(C)C)c(O)c(C(C)(C)C)c2)c2cccnc21. The molecule has 0 spiro atoms. The third-order valence-corrected chi connectivity index (χ3v) is 5.08. The number of hydrogen-bond donors (Lipinski definition) is 1. The summed E-state index contributed by atoms with van der Waals surface area (Å²) in [6.07, 6.45) is 1.58. The van der Waals surface area contributed by atoms with Gasteiger partial charge in [-0.1, -0.05) is 41.5 Å². The summed E-state index contributed by atoms with van der Waals surface area (Å²) in [7, 11) is 0. The van der Waals surface area contributed by atoms with Gasteiger partial charge < -0.3 is 9.84 Å². The largest absolute Gasteiger partial charge is 0.507 e. The van der Waals surface area contributed by atoms with Gasteiger partial charge in [-0.15, -0.1) is 0 Å². The molecule has 0 unspecified atom stereocenters. The number of phenols is 1. The lowest BCUT2D eigenvalue weighted by molar-refractivity contribution is -0.139. The van der Waals surface area contributed by atoms with Crippen LogP contribution >= 0.6 is 0 Å². The van der Waals surface area contributed by atoms with E-state index < -0.39 is 18.5 Å². The fraction of sp³-hybridized carbons (Fsp3) is 0.417. The molecule has 3 rings (SSSR count). The highest BCUT2D eigenvalue weighted by atomic mass is 16.5. The number of aromatic hydroxyl groups is 1. The first kappa shape index (κ1) is 22.5. The van der Waals surface area contributed by atoms with Gasteiger partial charge in [-0.3, -0.25) is 9.59 Å². The molecule has 0 radical (unpaired) electrons. The number of carbonyl (C=O) groups excluding carboxylic acids is 2. The first-order valence-electron chi connectivity index (χ1n) is 10.2. The van der Waals surface area contributed by atoms with Crippen molar-refractivity contribution in [1.82, 2.24) is 14.8 Å². The van der Waals surface area contributed by atoms with Crippen LogP contribution < -0.4 is 0 Å². The Morgan fingerprint density at radius 3 is 2.16 bits per heavy atom. The molecule has 31 heavy (non-hydrogen) atoms. The maximum absolute atomic E-state index is 12.7. The molecule has 164 valence electrons. The molecular formula is C24H29N3O4. The van der Waals surface area contributed by atoms with E-state index >= 15 is 0 Å². The number of hydrogen-bond acceptors (Lipinski definition) is 6. The van der Waals surface area contributed by atoms with E-state index in [1.54, 1.807) is 12.3 Å². The Morgan fingerprint density at radius 1 is 1.06 bits per heavy atom. The lowest BCUT2D eigenvalue weighted by Gasteiger charge is -2.28. The van der Waals surface area contributed by atoms with Gasteiger partial charge in [-0.05, 0) is 35.1 Å². The topological polar surface area (TPSA) is 94.3 Å². The molecular weight excluding hydrogens is 394 g/mol. The van der Waals surface area contributed by atoms with Crippen LogP contribution in [-0.4, -0.2) is 38.4 Å². The Bertz CT molecular complexity index is 1130. The number of pyridine rings is 1. The van der Waals surface area contributed by atoms with Crippen molar-refractivity contribution < 1.29 is 19.4 Å². The molecule has 0 aliphatic carbocycles. The minimum absolute atomic E-state index is 0.275. The molecule has 0 aliphatic heterocycles. The Hall–Kier alpha value is -3.22. The molecule has 7 heteroatoms. The van der Waals surface area contributed by atoms with Gasteiger partial charge in [0.05, 0.1) is 0 Å². The highest BCUT2D eigenvalue weighted by Gasteiger charge is 2.28. The molecule has 0 aliphatic rings. The van der Waals surface area contributed by atoms with Crippen molar-refractivity contribution in [3.8, 4) is 17.0 Å². The lowest BCUT2D eigenvalue weighted by atomic mass is 9.78. The maximum atomic E-state index is 12.7. The quantitative estimate of drug-likeness (QED) is 0.619. The minimum Gasteiger partial charge on any atom is -0.507 e. The van der Waals surface area contributed by atoms with E-state index in [9.17, 15) is 14.7 Å². The Kier molecular flexibility index (Phi) is 5.65. The third kappa shape index (κ3) is 4.45. The molecule has 0 atom stereocenters. The smallest absolute Gasteiger partial charge is 0.303 e. The second-order valence-corrected chi connectivity index (χ2v) is 9.73. The number of phenolic OH excluding ortho intramolecular Hbond substituents is 1. The van der Waals surface area contributed by atoms with Crippen LogP contribution in [0.3, 0.4) is 0 Å². The highest BCUT2D eigenvalue weighted by molar-refractivity contribution is 5.97. The minimum atomic E-state index is -0.541. The zero-order valence-corrected chi connectivity index (χ0v) is 19.1. The summed E-state index contributed by atoms with van der Waals surface area (Å²) in [5.74, 6) is -0.756. The maximum Gasteiger partial charge on any atom is 0.303 e. The molecule has 0 saturated heterocycles. The van der Waals surface area contributed by atoms with Crippen LogP contribution in [-0.2, 0) is 20.4 Å². The zero-order valence-electron chi connectivity index (χ0n) is 19.1. The predicted octanol–water partition coefficient (Wildman–Crippen LogP) is 4.60. The molecule has 0 amide bonds. The van der Waals surface area contributed by atoms with Crippen molar-refractivity contribution in [1.29, 1.82) is 0 Å². The van der Waals surface area contributed by atoms with Crippen molar-refractivity contribution in [2.24, 2.45) is 0 Å². The molecule has 1 N–H and O–H groups in total. The van der Waals surface area contributed by atoms with Crippen LogP contribution in [0.4, 0.5) is 0 Å². The number of carbonyl (C=O) groups is 2. The number of rotatable bonds is 3. The van der Waals surface area contributed by atoms with E-state index in [2.05, 4.69) is 10.1 Å². The van der Waals surface area contributed by atoms with E-state index in [4.69, 9.17) is 4.74 Å². The summed E-state index contributed by atoms with van der Waals surface area (Å²) in [5.41, 5.74) is 2.74. The van der Waals surface area contributed by atoms with Crippen LogP contribution in [0.25, 0.3) is 22.3 Å². The standard InChI is InChI=1S/C24H29N3O4/c1-14(28)31-13-19(29)27-22-16(9-8-10-25-22)20(26-27)15-11-17(23(2,3)4)21(30)18(12-15)24(5,6)7/h8-12,30H,13H2,1-7H3. The average Bonchev–Trinajstić information content (AvgIpc) is 3.04. The van der Waals surface area contributed by atoms with Crippen molar-refractivity contribution >= 4 is 22.9 Å². The monoisotopic (exact) mass is 423 g/mol. The lowest BCUT2D eigenvalue weighted by Crippen LogP contribution is -2.20. The summed E-state index contributed by atoms with van der Waals surface area (Å²) in [6.45, 7) is 13.1.